The van der Waals surface area contributed by atoms with E-state index in [2.05, 4.69) is 22.1 Å². The van der Waals surface area contributed by atoms with Gasteiger partial charge in [-0.05, 0) is 0 Å². The van der Waals surface area contributed by atoms with E-state index in [1.807, 2.05) is 0 Å². The second kappa shape index (κ2) is 5.27. The SMILES string of the molecule is C1CO1.C=CC(=O)ON. The largest absolute Gasteiger partial charge is 0.377 e. The molecule has 2 N–H and O–H groups in total. The van der Waals surface area contributed by atoms with E-state index < -0.39 is 5.97 Å². The zero-order valence-electron chi connectivity index (χ0n) is 5.00. The van der Waals surface area contributed by atoms with Gasteiger partial charge in [0.15, 0.2) is 0 Å². The molecule has 52 valence electrons. The second-order valence-corrected chi connectivity index (χ2v) is 1.25. The Hall–Kier alpha value is -0.870. The van der Waals surface area contributed by atoms with E-state index in [0.717, 1.165) is 19.3 Å². The lowest BCUT2D eigenvalue weighted by Crippen LogP contribution is -2.04. The molecule has 1 rings (SSSR count). The van der Waals surface area contributed by atoms with Crippen LogP contribution in [0.15, 0.2) is 12.7 Å². The minimum Gasteiger partial charge on any atom is -0.377 e. The van der Waals surface area contributed by atoms with Gasteiger partial charge in [-0.15, -0.1) is 0 Å². The van der Waals surface area contributed by atoms with Crippen LogP contribution in [-0.4, -0.2) is 19.2 Å². The molecule has 0 amide bonds. The van der Waals surface area contributed by atoms with Crippen molar-refractivity contribution in [1.29, 1.82) is 0 Å². The Morgan fingerprint density at radius 1 is 1.78 bits per heavy atom. The minimum absolute atomic E-state index is 0.616. The molecule has 0 aromatic rings. The molecule has 0 aromatic carbocycles. The van der Waals surface area contributed by atoms with Crippen molar-refractivity contribution in [3.8, 4) is 0 Å². The van der Waals surface area contributed by atoms with Crippen LogP contribution < -0.4 is 5.90 Å². The third-order valence-electron chi connectivity index (χ3n) is 0.487. The fraction of sp³-hybridized carbons (Fsp3) is 0.400. The highest BCUT2D eigenvalue weighted by Gasteiger charge is 1.94. The van der Waals surface area contributed by atoms with Gasteiger partial charge in [0.05, 0.1) is 13.2 Å². The van der Waals surface area contributed by atoms with Gasteiger partial charge in [-0.25, -0.2) is 4.79 Å². The first kappa shape index (κ1) is 8.13. The van der Waals surface area contributed by atoms with Gasteiger partial charge in [0, 0.05) is 6.08 Å². The molecule has 0 saturated carbocycles. The highest BCUT2D eigenvalue weighted by molar-refractivity contribution is 5.80. The number of carbonyl (C=O) groups excluding carboxylic acids is 1. The fourth-order valence-electron chi connectivity index (χ4n) is 0.0481. The predicted octanol–water partition coefficient (Wildman–Crippen LogP) is -0.394. The third-order valence-corrected chi connectivity index (χ3v) is 0.487. The van der Waals surface area contributed by atoms with Crippen LogP contribution in [0.25, 0.3) is 0 Å². The lowest BCUT2D eigenvalue weighted by Gasteiger charge is -1.81. The number of epoxide rings is 1. The molecule has 0 spiro atoms. The minimum atomic E-state index is -0.616. The Morgan fingerprint density at radius 2 is 2.22 bits per heavy atom. The normalized spacial score (nSPS) is 12.6. The van der Waals surface area contributed by atoms with Gasteiger partial charge in [-0.2, -0.15) is 5.90 Å². The van der Waals surface area contributed by atoms with Crippen LogP contribution in [0.1, 0.15) is 0 Å². The van der Waals surface area contributed by atoms with E-state index in [1.54, 1.807) is 0 Å². The Morgan fingerprint density at radius 3 is 2.22 bits per heavy atom. The molecule has 1 saturated heterocycles. The standard InChI is InChI=1S/C3H5NO2.C2H4O/c1-2-3(5)6-4;1-2-3-1/h2H,1,4H2;1-2H2. The molecule has 0 aromatic heterocycles. The number of rotatable bonds is 1. The summed E-state index contributed by atoms with van der Waals surface area (Å²) in [6.45, 7) is 5.08. The van der Waals surface area contributed by atoms with E-state index in [4.69, 9.17) is 0 Å². The summed E-state index contributed by atoms with van der Waals surface area (Å²) in [6, 6.07) is 0. The van der Waals surface area contributed by atoms with E-state index in [0.29, 0.717) is 0 Å². The molecule has 0 atom stereocenters. The number of ether oxygens (including phenoxy) is 1. The van der Waals surface area contributed by atoms with Gasteiger partial charge >= 0.3 is 5.97 Å². The van der Waals surface area contributed by atoms with Crippen molar-refractivity contribution in [2.45, 2.75) is 0 Å². The zero-order valence-corrected chi connectivity index (χ0v) is 5.00. The van der Waals surface area contributed by atoms with E-state index in [-0.39, 0.29) is 0 Å². The van der Waals surface area contributed by atoms with Crippen LogP contribution in [0.2, 0.25) is 0 Å². The Balaban J connectivity index is 0.000000173. The number of carbonyl (C=O) groups is 1. The maximum absolute atomic E-state index is 9.72. The molecular weight excluding hydrogens is 122 g/mol. The third kappa shape index (κ3) is 11.0. The van der Waals surface area contributed by atoms with Crippen molar-refractivity contribution in [2.24, 2.45) is 5.90 Å². The Bertz CT molecular complexity index is 97.6. The van der Waals surface area contributed by atoms with E-state index in [1.165, 1.54) is 0 Å². The molecule has 0 bridgehead atoms. The average Bonchev–Trinajstić information content (AvgIpc) is 2.70. The average molecular weight is 131 g/mol. The monoisotopic (exact) mass is 131 g/mol. The lowest BCUT2D eigenvalue weighted by atomic mass is 10.7. The molecule has 0 unspecified atom stereocenters. The maximum Gasteiger partial charge on any atom is 0.348 e. The summed E-state index contributed by atoms with van der Waals surface area (Å²) in [5, 5.41) is 0. The summed E-state index contributed by atoms with van der Waals surface area (Å²) in [5.41, 5.74) is 0. The number of hydrogen-bond acceptors (Lipinski definition) is 4. The summed E-state index contributed by atoms with van der Waals surface area (Å²) in [7, 11) is 0. The summed E-state index contributed by atoms with van der Waals surface area (Å²) in [6.07, 6.45) is 0.986. The van der Waals surface area contributed by atoms with Crippen LogP contribution in [0.3, 0.4) is 0 Å². The van der Waals surface area contributed by atoms with Gasteiger partial charge in [0.2, 0.25) is 0 Å². The van der Waals surface area contributed by atoms with Crippen LogP contribution in [-0.2, 0) is 14.4 Å². The first-order valence-electron chi connectivity index (χ1n) is 2.42. The van der Waals surface area contributed by atoms with Crippen LogP contribution in [0.5, 0.6) is 0 Å². The zero-order chi connectivity index (χ0) is 7.11. The molecular formula is C5H9NO3. The topological polar surface area (TPSA) is 64.8 Å². The van der Waals surface area contributed by atoms with E-state index >= 15 is 0 Å². The maximum atomic E-state index is 9.72. The molecule has 4 heteroatoms. The van der Waals surface area contributed by atoms with Gasteiger partial charge in [0.1, 0.15) is 0 Å². The molecule has 0 radical (unpaired) electrons. The molecule has 1 heterocycles. The highest BCUT2D eigenvalue weighted by atomic mass is 16.7. The summed E-state index contributed by atoms with van der Waals surface area (Å²) >= 11 is 0. The summed E-state index contributed by atoms with van der Waals surface area (Å²) in [4.78, 5) is 13.4. The van der Waals surface area contributed by atoms with Crippen molar-refractivity contribution < 1.29 is 14.4 Å². The summed E-state index contributed by atoms with van der Waals surface area (Å²) < 4.78 is 4.50. The Kier molecular flexibility index (Phi) is 4.76. The molecule has 4 nitrogen and oxygen atoms in total. The molecule has 1 aliphatic heterocycles. The molecule has 1 fully saturated rings. The quantitative estimate of drug-likeness (QED) is 0.299. The van der Waals surface area contributed by atoms with Crippen molar-refractivity contribution in [2.75, 3.05) is 13.2 Å². The van der Waals surface area contributed by atoms with Crippen LogP contribution in [0, 0.1) is 0 Å². The van der Waals surface area contributed by atoms with Gasteiger partial charge < -0.3 is 9.57 Å². The van der Waals surface area contributed by atoms with Crippen molar-refractivity contribution in [3.63, 3.8) is 0 Å². The van der Waals surface area contributed by atoms with Gasteiger partial charge in [0.25, 0.3) is 0 Å². The molecule has 0 aliphatic carbocycles. The molecule has 1 aliphatic rings. The van der Waals surface area contributed by atoms with E-state index in [9.17, 15) is 4.79 Å². The van der Waals surface area contributed by atoms with Gasteiger partial charge in [-0.1, -0.05) is 6.58 Å². The second-order valence-electron chi connectivity index (χ2n) is 1.25. The van der Waals surface area contributed by atoms with Gasteiger partial charge in [-0.3, -0.25) is 0 Å². The Labute approximate surface area is 53.2 Å². The lowest BCUT2D eigenvalue weighted by molar-refractivity contribution is -0.138. The fourth-order valence-corrected chi connectivity index (χ4v) is 0.0481. The van der Waals surface area contributed by atoms with Crippen molar-refractivity contribution >= 4 is 5.97 Å². The first-order chi connectivity index (χ1) is 4.31. The number of nitrogens with two attached hydrogens (primary N) is 1. The van der Waals surface area contributed by atoms with Crippen molar-refractivity contribution in [3.05, 3.63) is 12.7 Å². The van der Waals surface area contributed by atoms with Crippen molar-refractivity contribution in [1.82, 2.24) is 0 Å². The number of hydrogen-bond donors (Lipinski definition) is 1. The highest BCUT2D eigenvalue weighted by Crippen LogP contribution is 1.84. The first-order valence-corrected chi connectivity index (χ1v) is 2.42. The van der Waals surface area contributed by atoms with Crippen LogP contribution in [0.4, 0.5) is 0 Å². The van der Waals surface area contributed by atoms with Crippen LogP contribution >= 0.6 is 0 Å². The molecule has 9 heavy (non-hydrogen) atoms. The summed E-state index contributed by atoms with van der Waals surface area (Å²) in [5.74, 6) is 3.75. The smallest absolute Gasteiger partial charge is 0.348 e. The predicted molar refractivity (Wildman–Crippen MR) is 31.3 cm³/mol.